The van der Waals surface area contributed by atoms with Gasteiger partial charge in [-0.15, -0.1) is 12.4 Å². The summed E-state index contributed by atoms with van der Waals surface area (Å²) in [4.78, 5) is 0. The van der Waals surface area contributed by atoms with E-state index < -0.39 is 0 Å². The second-order valence-corrected chi connectivity index (χ2v) is 4.14. The van der Waals surface area contributed by atoms with Gasteiger partial charge in [0.05, 0.1) is 0 Å². The van der Waals surface area contributed by atoms with Crippen LogP contribution in [0.5, 0.6) is 0 Å². The second-order valence-electron chi connectivity index (χ2n) is 3.28. The van der Waals surface area contributed by atoms with Gasteiger partial charge in [0.15, 0.2) is 0 Å². The molecule has 1 aromatic carbocycles. The molecular formula is C11H17BrClN. The van der Waals surface area contributed by atoms with Gasteiger partial charge in [0.25, 0.3) is 0 Å². The van der Waals surface area contributed by atoms with Crippen LogP contribution >= 0.6 is 28.3 Å². The average molecular weight is 279 g/mol. The Morgan fingerprint density at radius 3 is 2.57 bits per heavy atom. The lowest BCUT2D eigenvalue weighted by atomic mass is 10.2. The summed E-state index contributed by atoms with van der Waals surface area (Å²) in [7, 11) is 0. The molecule has 0 heterocycles. The van der Waals surface area contributed by atoms with Crippen molar-refractivity contribution in [2.24, 2.45) is 0 Å². The van der Waals surface area contributed by atoms with Crippen LogP contribution < -0.4 is 5.32 Å². The summed E-state index contributed by atoms with van der Waals surface area (Å²) in [5.41, 5.74) is 1.32. The Bertz CT molecular complexity index is 265. The van der Waals surface area contributed by atoms with E-state index in [-0.39, 0.29) is 12.4 Å². The molecule has 1 rings (SSSR count). The summed E-state index contributed by atoms with van der Waals surface area (Å²) in [6.45, 7) is 5.34. The molecule has 1 N–H and O–H groups in total. The molecule has 1 atom stereocenters. The monoisotopic (exact) mass is 277 g/mol. The lowest BCUT2D eigenvalue weighted by Gasteiger charge is -2.11. The Labute approximate surface area is 101 Å². The van der Waals surface area contributed by atoms with Gasteiger partial charge >= 0.3 is 0 Å². The lowest BCUT2D eigenvalue weighted by Crippen LogP contribution is -2.24. The van der Waals surface area contributed by atoms with E-state index in [1.165, 1.54) is 16.5 Å². The van der Waals surface area contributed by atoms with E-state index in [0.29, 0.717) is 6.04 Å². The number of rotatable bonds is 4. The maximum atomic E-state index is 3.53. The van der Waals surface area contributed by atoms with Crippen molar-refractivity contribution in [3.8, 4) is 0 Å². The first-order valence-corrected chi connectivity index (χ1v) is 5.50. The van der Waals surface area contributed by atoms with Crippen LogP contribution in [-0.4, -0.2) is 6.04 Å². The molecule has 0 saturated carbocycles. The van der Waals surface area contributed by atoms with E-state index in [9.17, 15) is 0 Å². The minimum atomic E-state index is 0. The molecule has 0 saturated heterocycles. The Balaban J connectivity index is 0.00000169. The van der Waals surface area contributed by atoms with Crippen LogP contribution in [-0.2, 0) is 6.54 Å². The highest BCUT2D eigenvalue weighted by Crippen LogP contribution is 2.15. The summed E-state index contributed by atoms with van der Waals surface area (Å²) in [5, 5.41) is 3.46. The Morgan fingerprint density at radius 2 is 2.00 bits per heavy atom. The van der Waals surface area contributed by atoms with E-state index in [1.54, 1.807) is 0 Å². The number of hydrogen-bond donors (Lipinski definition) is 1. The predicted molar refractivity (Wildman–Crippen MR) is 68.0 cm³/mol. The maximum Gasteiger partial charge on any atom is 0.0220 e. The van der Waals surface area contributed by atoms with Crippen LogP contribution in [0.3, 0.4) is 0 Å². The lowest BCUT2D eigenvalue weighted by molar-refractivity contribution is 0.533. The zero-order valence-electron chi connectivity index (χ0n) is 8.59. The van der Waals surface area contributed by atoms with Crippen LogP contribution in [0.25, 0.3) is 0 Å². The highest BCUT2D eigenvalue weighted by molar-refractivity contribution is 9.10. The number of hydrogen-bond acceptors (Lipinski definition) is 1. The SMILES string of the molecule is CCC(C)NCc1ccccc1Br.Cl. The van der Waals surface area contributed by atoms with Crippen molar-refractivity contribution in [1.82, 2.24) is 5.32 Å². The van der Waals surface area contributed by atoms with Crippen molar-refractivity contribution >= 4 is 28.3 Å². The minimum absolute atomic E-state index is 0. The van der Waals surface area contributed by atoms with Gasteiger partial charge in [0.2, 0.25) is 0 Å². The predicted octanol–water partition coefficient (Wildman–Crippen LogP) is 3.76. The molecular weight excluding hydrogens is 261 g/mol. The van der Waals surface area contributed by atoms with Gasteiger partial charge in [-0.1, -0.05) is 41.1 Å². The molecule has 80 valence electrons. The summed E-state index contributed by atoms with van der Waals surface area (Å²) in [6.07, 6.45) is 1.17. The first-order valence-electron chi connectivity index (χ1n) is 4.70. The fraction of sp³-hybridized carbons (Fsp3) is 0.455. The molecule has 1 aromatic rings. The van der Waals surface area contributed by atoms with Crippen molar-refractivity contribution in [3.63, 3.8) is 0 Å². The molecule has 0 aliphatic heterocycles. The molecule has 1 unspecified atom stereocenters. The molecule has 0 amide bonds. The highest BCUT2D eigenvalue weighted by atomic mass is 79.9. The fourth-order valence-corrected chi connectivity index (χ4v) is 1.50. The van der Waals surface area contributed by atoms with Crippen LogP contribution in [0.4, 0.5) is 0 Å². The summed E-state index contributed by atoms with van der Waals surface area (Å²) < 4.78 is 1.19. The number of nitrogens with one attached hydrogen (secondary N) is 1. The van der Waals surface area contributed by atoms with E-state index in [2.05, 4.69) is 53.3 Å². The summed E-state index contributed by atoms with van der Waals surface area (Å²) in [6, 6.07) is 8.91. The largest absolute Gasteiger partial charge is 0.310 e. The third-order valence-electron chi connectivity index (χ3n) is 2.21. The number of halogens is 2. The van der Waals surface area contributed by atoms with Crippen molar-refractivity contribution < 1.29 is 0 Å². The Hall–Kier alpha value is -0.0500. The molecule has 0 aliphatic rings. The zero-order valence-corrected chi connectivity index (χ0v) is 11.0. The van der Waals surface area contributed by atoms with Crippen LogP contribution in [0, 0.1) is 0 Å². The van der Waals surface area contributed by atoms with E-state index in [1.807, 2.05) is 6.07 Å². The quantitative estimate of drug-likeness (QED) is 0.884. The topological polar surface area (TPSA) is 12.0 Å². The first kappa shape index (κ1) is 13.9. The molecule has 0 bridgehead atoms. The fourth-order valence-electron chi connectivity index (χ4n) is 1.07. The molecule has 14 heavy (non-hydrogen) atoms. The number of benzene rings is 1. The Kier molecular flexibility index (Phi) is 7.24. The van der Waals surface area contributed by atoms with Gasteiger partial charge in [-0.25, -0.2) is 0 Å². The second kappa shape index (κ2) is 7.27. The maximum absolute atomic E-state index is 3.53. The summed E-state index contributed by atoms with van der Waals surface area (Å²) in [5.74, 6) is 0. The van der Waals surface area contributed by atoms with Gasteiger partial charge in [-0.3, -0.25) is 0 Å². The highest BCUT2D eigenvalue weighted by Gasteiger charge is 2.00. The minimum Gasteiger partial charge on any atom is -0.310 e. The first-order chi connectivity index (χ1) is 6.24. The smallest absolute Gasteiger partial charge is 0.0220 e. The van der Waals surface area contributed by atoms with E-state index in [0.717, 1.165) is 6.54 Å². The molecule has 0 aliphatic carbocycles. The van der Waals surface area contributed by atoms with E-state index >= 15 is 0 Å². The van der Waals surface area contributed by atoms with E-state index in [4.69, 9.17) is 0 Å². The van der Waals surface area contributed by atoms with Crippen LogP contribution in [0.2, 0.25) is 0 Å². The Morgan fingerprint density at radius 1 is 1.36 bits per heavy atom. The molecule has 0 spiro atoms. The van der Waals surface area contributed by atoms with Crippen LogP contribution in [0.1, 0.15) is 25.8 Å². The molecule has 3 heteroatoms. The third-order valence-corrected chi connectivity index (χ3v) is 2.98. The average Bonchev–Trinajstić information content (AvgIpc) is 2.16. The van der Waals surface area contributed by atoms with Gasteiger partial charge in [-0.2, -0.15) is 0 Å². The van der Waals surface area contributed by atoms with Gasteiger partial charge in [0.1, 0.15) is 0 Å². The molecule has 1 nitrogen and oxygen atoms in total. The summed E-state index contributed by atoms with van der Waals surface area (Å²) >= 11 is 3.53. The van der Waals surface area contributed by atoms with Gasteiger partial charge in [0, 0.05) is 17.1 Å². The molecule has 0 aromatic heterocycles. The molecule has 0 radical (unpaired) electrons. The van der Waals surface area contributed by atoms with Crippen LogP contribution in [0.15, 0.2) is 28.7 Å². The molecule has 0 fully saturated rings. The van der Waals surface area contributed by atoms with Gasteiger partial charge < -0.3 is 5.32 Å². The van der Waals surface area contributed by atoms with Crippen molar-refractivity contribution in [1.29, 1.82) is 0 Å². The van der Waals surface area contributed by atoms with Crippen molar-refractivity contribution in [2.75, 3.05) is 0 Å². The van der Waals surface area contributed by atoms with Crippen molar-refractivity contribution in [2.45, 2.75) is 32.9 Å². The zero-order chi connectivity index (χ0) is 9.68. The standard InChI is InChI=1S/C11H16BrN.ClH/c1-3-9(2)13-8-10-6-4-5-7-11(10)12;/h4-7,9,13H,3,8H2,1-2H3;1H. The normalized spacial score (nSPS) is 11.9. The van der Waals surface area contributed by atoms with Gasteiger partial charge in [-0.05, 0) is 25.0 Å². The van der Waals surface area contributed by atoms with Crippen molar-refractivity contribution in [3.05, 3.63) is 34.3 Å². The third kappa shape index (κ3) is 4.45.